The molecule has 118 valence electrons. The summed E-state index contributed by atoms with van der Waals surface area (Å²) in [5.41, 5.74) is 7.07. The molecule has 2 rings (SSSR count). The summed E-state index contributed by atoms with van der Waals surface area (Å²) in [5.74, 6) is 0.854. The predicted molar refractivity (Wildman–Crippen MR) is 83.5 cm³/mol. The minimum Gasteiger partial charge on any atom is -0.483 e. The fraction of sp³-hybridized carbons (Fsp3) is 0.533. The third-order valence-corrected chi connectivity index (χ3v) is 3.81. The van der Waals surface area contributed by atoms with Crippen molar-refractivity contribution in [1.29, 1.82) is 0 Å². The van der Waals surface area contributed by atoms with E-state index < -0.39 is 0 Å². The Morgan fingerprint density at radius 2 is 1.95 bits per heavy atom. The Balaban J connectivity index is 0.000000677. The molecule has 1 unspecified atom stereocenters. The Morgan fingerprint density at radius 3 is 2.48 bits per heavy atom. The van der Waals surface area contributed by atoms with Crippen LogP contribution in [0.2, 0.25) is 0 Å². The molecule has 0 radical (unpaired) electrons. The summed E-state index contributed by atoms with van der Waals surface area (Å²) >= 11 is 1.77. The van der Waals surface area contributed by atoms with Crippen molar-refractivity contribution in [3.8, 4) is 0 Å². The standard InChI is InChI=1S/C14H21NO2S.CH2O2/c1-11(15)9-12-3-5-13(6-4-12)18-10-14-16-7-2-8-17-14;2-1-3/h3-6,11,14H,2,7-10,15H2,1H3;1H,(H,2,3). The number of hydrogen-bond acceptors (Lipinski definition) is 5. The lowest BCUT2D eigenvalue weighted by Gasteiger charge is -2.22. The zero-order valence-electron chi connectivity index (χ0n) is 12.2. The van der Waals surface area contributed by atoms with E-state index in [0.717, 1.165) is 31.8 Å². The van der Waals surface area contributed by atoms with Crippen LogP contribution in [0.15, 0.2) is 29.2 Å². The van der Waals surface area contributed by atoms with E-state index in [1.165, 1.54) is 10.5 Å². The van der Waals surface area contributed by atoms with E-state index in [4.69, 9.17) is 25.1 Å². The first-order valence-corrected chi connectivity index (χ1v) is 7.92. The van der Waals surface area contributed by atoms with Crippen LogP contribution in [0.1, 0.15) is 18.9 Å². The highest BCUT2D eigenvalue weighted by atomic mass is 32.2. The zero-order valence-corrected chi connectivity index (χ0v) is 13.1. The molecule has 5 nitrogen and oxygen atoms in total. The van der Waals surface area contributed by atoms with Crippen molar-refractivity contribution in [2.24, 2.45) is 5.73 Å². The Labute approximate surface area is 129 Å². The Kier molecular flexibility index (Phi) is 9.09. The fourth-order valence-electron chi connectivity index (χ4n) is 1.89. The van der Waals surface area contributed by atoms with Crippen molar-refractivity contribution in [3.05, 3.63) is 29.8 Å². The molecule has 1 aromatic carbocycles. The highest BCUT2D eigenvalue weighted by molar-refractivity contribution is 7.99. The molecule has 1 heterocycles. The lowest BCUT2D eigenvalue weighted by atomic mass is 10.1. The van der Waals surface area contributed by atoms with Gasteiger partial charge in [-0.15, -0.1) is 11.8 Å². The smallest absolute Gasteiger partial charge is 0.290 e. The molecule has 0 aromatic heterocycles. The van der Waals surface area contributed by atoms with Crippen LogP contribution >= 0.6 is 11.8 Å². The van der Waals surface area contributed by atoms with Crippen molar-refractivity contribution in [2.75, 3.05) is 19.0 Å². The molecule has 1 fully saturated rings. The highest BCUT2D eigenvalue weighted by Gasteiger charge is 2.14. The lowest BCUT2D eigenvalue weighted by Crippen LogP contribution is -2.26. The second-order valence-electron chi connectivity index (χ2n) is 4.77. The minimum absolute atomic E-state index is 0.0486. The lowest BCUT2D eigenvalue weighted by molar-refractivity contribution is -0.164. The second kappa shape index (κ2) is 10.6. The molecule has 0 bridgehead atoms. The number of benzene rings is 1. The van der Waals surface area contributed by atoms with E-state index in [1.807, 2.05) is 6.92 Å². The quantitative estimate of drug-likeness (QED) is 0.640. The molecule has 3 N–H and O–H groups in total. The van der Waals surface area contributed by atoms with Gasteiger partial charge in [0.25, 0.3) is 6.47 Å². The van der Waals surface area contributed by atoms with Gasteiger partial charge in [-0.2, -0.15) is 0 Å². The summed E-state index contributed by atoms with van der Waals surface area (Å²) < 4.78 is 11.0. The van der Waals surface area contributed by atoms with Gasteiger partial charge in [-0.1, -0.05) is 12.1 Å². The maximum atomic E-state index is 8.36. The van der Waals surface area contributed by atoms with E-state index >= 15 is 0 Å². The van der Waals surface area contributed by atoms with Gasteiger partial charge in [0, 0.05) is 16.7 Å². The van der Waals surface area contributed by atoms with Crippen molar-refractivity contribution in [1.82, 2.24) is 0 Å². The third kappa shape index (κ3) is 8.06. The van der Waals surface area contributed by atoms with Crippen LogP contribution in [-0.4, -0.2) is 42.9 Å². The molecule has 1 atom stereocenters. The van der Waals surface area contributed by atoms with Gasteiger partial charge in [0.05, 0.1) is 13.2 Å². The van der Waals surface area contributed by atoms with Crippen LogP contribution in [0.3, 0.4) is 0 Å². The molecule has 0 spiro atoms. The summed E-state index contributed by atoms with van der Waals surface area (Å²) in [6, 6.07) is 8.80. The molecular weight excluding hydrogens is 290 g/mol. The number of carbonyl (C=O) groups is 1. The predicted octanol–water partition coefficient (Wildman–Crippen LogP) is 2.13. The first-order valence-electron chi connectivity index (χ1n) is 6.94. The van der Waals surface area contributed by atoms with Gasteiger partial charge in [-0.05, 0) is 37.5 Å². The number of ether oxygens (including phenoxy) is 2. The average Bonchev–Trinajstić information content (AvgIpc) is 2.48. The molecular formula is C15H23NO4S. The fourth-order valence-corrected chi connectivity index (χ4v) is 2.74. The van der Waals surface area contributed by atoms with Crippen LogP contribution in [0.25, 0.3) is 0 Å². The van der Waals surface area contributed by atoms with Gasteiger partial charge in [-0.25, -0.2) is 0 Å². The van der Waals surface area contributed by atoms with E-state index in [9.17, 15) is 0 Å². The van der Waals surface area contributed by atoms with Crippen LogP contribution in [-0.2, 0) is 20.7 Å². The summed E-state index contributed by atoms with van der Waals surface area (Å²) in [7, 11) is 0. The van der Waals surface area contributed by atoms with Crippen molar-refractivity contribution in [2.45, 2.75) is 37.0 Å². The molecule has 0 saturated carbocycles. The molecule has 1 aromatic rings. The van der Waals surface area contributed by atoms with Crippen LogP contribution in [0, 0.1) is 0 Å². The molecule has 0 amide bonds. The molecule has 0 aliphatic carbocycles. The number of nitrogens with two attached hydrogens (primary N) is 1. The number of hydrogen-bond donors (Lipinski definition) is 2. The number of carboxylic acid groups (broad SMARTS) is 1. The second-order valence-corrected chi connectivity index (χ2v) is 5.86. The Hall–Kier alpha value is -1.08. The van der Waals surface area contributed by atoms with E-state index in [2.05, 4.69) is 24.3 Å². The Morgan fingerprint density at radius 1 is 1.38 bits per heavy atom. The monoisotopic (exact) mass is 313 g/mol. The number of thioether (sulfide) groups is 1. The van der Waals surface area contributed by atoms with Gasteiger partial charge in [0.2, 0.25) is 0 Å². The SMILES string of the molecule is CC(N)Cc1ccc(SCC2OCCCO2)cc1.O=CO. The van der Waals surface area contributed by atoms with Crippen molar-refractivity contribution in [3.63, 3.8) is 0 Å². The summed E-state index contributed by atoms with van der Waals surface area (Å²) in [4.78, 5) is 9.61. The first kappa shape index (κ1) is 18.0. The van der Waals surface area contributed by atoms with Gasteiger partial charge in [0.1, 0.15) is 0 Å². The summed E-state index contributed by atoms with van der Waals surface area (Å²) in [5, 5.41) is 6.89. The number of rotatable bonds is 5. The molecule has 1 aliphatic rings. The van der Waals surface area contributed by atoms with E-state index in [1.54, 1.807) is 11.8 Å². The molecule has 1 aliphatic heterocycles. The van der Waals surface area contributed by atoms with Crippen LogP contribution < -0.4 is 5.73 Å². The summed E-state index contributed by atoms with van der Waals surface area (Å²) in [6.07, 6.45) is 1.89. The maximum absolute atomic E-state index is 8.36. The van der Waals surface area contributed by atoms with Gasteiger partial charge in [-0.3, -0.25) is 4.79 Å². The van der Waals surface area contributed by atoms with Gasteiger partial charge >= 0.3 is 0 Å². The molecule has 6 heteroatoms. The topological polar surface area (TPSA) is 81.8 Å². The van der Waals surface area contributed by atoms with Gasteiger partial charge in [0.15, 0.2) is 6.29 Å². The van der Waals surface area contributed by atoms with Crippen molar-refractivity contribution >= 4 is 18.2 Å². The van der Waals surface area contributed by atoms with E-state index in [-0.39, 0.29) is 18.8 Å². The Bertz CT molecular complexity index is 391. The molecule has 1 saturated heterocycles. The summed E-state index contributed by atoms with van der Waals surface area (Å²) in [6.45, 7) is 3.41. The largest absolute Gasteiger partial charge is 0.483 e. The minimum atomic E-state index is -0.250. The average molecular weight is 313 g/mol. The molecule has 21 heavy (non-hydrogen) atoms. The van der Waals surface area contributed by atoms with E-state index in [0.29, 0.717) is 0 Å². The van der Waals surface area contributed by atoms with Crippen molar-refractivity contribution < 1.29 is 19.4 Å². The zero-order chi connectivity index (χ0) is 15.5. The maximum Gasteiger partial charge on any atom is 0.290 e. The van der Waals surface area contributed by atoms with Crippen LogP contribution in [0.5, 0.6) is 0 Å². The van der Waals surface area contributed by atoms with Gasteiger partial charge < -0.3 is 20.3 Å². The normalized spacial score (nSPS) is 16.7. The highest BCUT2D eigenvalue weighted by Crippen LogP contribution is 2.22. The first-order chi connectivity index (χ1) is 10.2. The third-order valence-electron chi connectivity index (χ3n) is 2.76. The van der Waals surface area contributed by atoms with Crippen LogP contribution in [0.4, 0.5) is 0 Å².